The minimum Gasteiger partial charge on any atom is -0.311 e. The summed E-state index contributed by atoms with van der Waals surface area (Å²) in [7, 11) is -4.81. The Morgan fingerprint density at radius 3 is 2.82 bits per heavy atom. The average Bonchev–Trinajstić information content (AvgIpc) is 3.29. The van der Waals surface area contributed by atoms with Crippen molar-refractivity contribution in [1.29, 1.82) is 0 Å². The number of nitrogens with zero attached hydrogens (tertiary/aromatic N) is 3. The first-order chi connectivity index (χ1) is 13.3. The topological polar surface area (TPSA) is 141 Å². The second-order valence-electron chi connectivity index (χ2n) is 7.79. The minimum absolute atomic E-state index is 0.148. The van der Waals surface area contributed by atoms with Crippen LogP contribution in [0.5, 0.6) is 0 Å². The third-order valence-electron chi connectivity index (χ3n) is 5.63. The van der Waals surface area contributed by atoms with Gasteiger partial charge in [0, 0.05) is 32.2 Å². The quantitative estimate of drug-likeness (QED) is 0.239. The lowest BCUT2D eigenvalue weighted by Gasteiger charge is -2.29. The molecule has 3 amide bonds. The highest BCUT2D eigenvalue weighted by atomic mass is 32.3. The van der Waals surface area contributed by atoms with Gasteiger partial charge in [-0.2, -0.15) is 13.5 Å². The molecule has 4 aliphatic heterocycles. The Morgan fingerprint density at radius 2 is 2.11 bits per heavy atom. The van der Waals surface area contributed by atoms with Gasteiger partial charge in [0.05, 0.1) is 12.6 Å². The molecular weight excluding hydrogens is 394 g/mol. The average molecular weight is 419 g/mol. The van der Waals surface area contributed by atoms with Crippen LogP contribution in [0.25, 0.3) is 0 Å². The maximum Gasteiger partial charge on any atom is 0.418 e. The molecule has 4 rings (SSSR count). The van der Waals surface area contributed by atoms with Crippen LogP contribution in [0.1, 0.15) is 19.3 Å². The van der Waals surface area contributed by atoms with Gasteiger partial charge < -0.3 is 15.1 Å². The first-order valence-corrected chi connectivity index (χ1v) is 10.8. The number of hydroxylamine groups is 3. The molecule has 0 aromatic rings. The largest absolute Gasteiger partial charge is 0.418 e. The molecule has 0 aromatic carbocycles. The van der Waals surface area contributed by atoms with Crippen LogP contribution in [0.4, 0.5) is 4.79 Å². The number of carbonyl (C=O) groups excluding carboxylic acids is 2. The fourth-order valence-corrected chi connectivity index (χ4v) is 4.56. The van der Waals surface area contributed by atoms with E-state index < -0.39 is 34.4 Å². The summed E-state index contributed by atoms with van der Waals surface area (Å²) in [5.74, 6) is 0.136. The predicted octanol–water partition coefficient (Wildman–Crippen LogP) is -1.67. The minimum atomic E-state index is -4.81. The second kappa shape index (κ2) is 7.72. The van der Waals surface area contributed by atoms with Gasteiger partial charge in [0.25, 0.3) is 5.91 Å². The highest BCUT2D eigenvalue weighted by Gasteiger charge is 2.49. The molecule has 13 heteroatoms. The molecule has 28 heavy (non-hydrogen) atoms. The maximum absolute atomic E-state index is 12.4. The number of hydrogen-bond donors (Lipinski definition) is 3. The van der Waals surface area contributed by atoms with Crippen molar-refractivity contribution < 1.29 is 31.7 Å². The molecule has 0 aromatic heterocycles. The zero-order chi connectivity index (χ0) is 19.9. The van der Waals surface area contributed by atoms with Crippen molar-refractivity contribution in [3.8, 4) is 0 Å². The van der Waals surface area contributed by atoms with Crippen LogP contribution < -0.4 is 10.8 Å². The van der Waals surface area contributed by atoms with Gasteiger partial charge in [0.1, 0.15) is 6.04 Å². The zero-order valence-corrected chi connectivity index (χ0v) is 16.1. The molecule has 2 unspecified atom stereocenters. The highest BCUT2D eigenvalue weighted by molar-refractivity contribution is 7.80. The number of carbonyl (C=O) groups is 2. The number of rotatable bonds is 8. The van der Waals surface area contributed by atoms with E-state index in [2.05, 4.69) is 20.0 Å². The van der Waals surface area contributed by atoms with Gasteiger partial charge in [-0.05, 0) is 31.7 Å². The van der Waals surface area contributed by atoms with E-state index in [4.69, 9.17) is 9.39 Å². The lowest BCUT2D eigenvalue weighted by molar-refractivity contribution is -0.139. The Kier molecular flexibility index (Phi) is 5.46. The Morgan fingerprint density at radius 1 is 1.32 bits per heavy atom. The van der Waals surface area contributed by atoms with E-state index in [-0.39, 0.29) is 12.6 Å². The van der Waals surface area contributed by atoms with Crippen LogP contribution in [0.15, 0.2) is 0 Å². The first kappa shape index (κ1) is 19.8. The fourth-order valence-electron chi connectivity index (χ4n) is 4.17. The van der Waals surface area contributed by atoms with E-state index in [1.807, 2.05) is 0 Å². The number of hydrogen-bond acceptors (Lipinski definition) is 8. The molecule has 0 saturated carbocycles. The second-order valence-corrected chi connectivity index (χ2v) is 8.80. The maximum atomic E-state index is 12.4. The van der Waals surface area contributed by atoms with E-state index in [9.17, 15) is 18.0 Å². The molecule has 3 N–H and O–H groups in total. The number of nitrogens with one attached hydrogen (secondary N) is 2. The molecule has 0 aliphatic carbocycles. The smallest absolute Gasteiger partial charge is 0.311 e. The van der Waals surface area contributed by atoms with Crippen molar-refractivity contribution in [2.45, 2.75) is 37.4 Å². The van der Waals surface area contributed by atoms with Gasteiger partial charge in [-0.1, -0.05) is 0 Å². The fraction of sp³-hybridized carbons (Fsp3) is 0.867. The molecule has 4 aliphatic rings. The lowest BCUT2D eigenvalue weighted by atomic mass is 10.0. The molecule has 2 bridgehead atoms. The normalized spacial score (nSPS) is 32.8. The SMILES string of the molecule is O=C(NOC[C@H]1C[C@H](CN2CC2)CN1)C1CCC2CN1C(=O)N2OS(=O)(=O)O. The van der Waals surface area contributed by atoms with Crippen LogP contribution in [-0.2, 0) is 24.3 Å². The van der Waals surface area contributed by atoms with Gasteiger partial charge in [0.2, 0.25) is 0 Å². The molecule has 158 valence electrons. The van der Waals surface area contributed by atoms with Gasteiger partial charge in [0.15, 0.2) is 0 Å². The molecule has 0 radical (unpaired) electrons. The van der Waals surface area contributed by atoms with Crippen molar-refractivity contribution in [2.24, 2.45) is 5.92 Å². The van der Waals surface area contributed by atoms with Crippen LogP contribution in [0, 0.1) is 5.92 Å². The van der Waals surface area contributed by atoms with Crippen LogP contribution >= 0.6 is 0 Å². The van der Waals surface area contributed by atoms with Gasteiger partial charge in [-0.15, -0.1) is 4.28 Å². The van der Waals surface area contributed by atoms with Crippen LogP contribution in [0.3, 0.4) is 0 Å². The number of fused-ring (bicyclic) bond motifs is 2. The summed E-state index contributed by atoms with van der Waals surface area (Å²) < 4.78 is 35.0. The van der Waals surface area contributed by atoms with E-state index in [1.165, 1.54) is 18.0 Å². The predicted molar refractivity (Wildman–Crippen MR) is 93.8 cm³/mol. The Labute approximate surface area is 163 Å². The molecule has 4 heterocycles. The standard InChI is InChI=1S/C15H25N5O7S/c21-14(17-26-9-11-5-10(6-16-11)7-18-3-4-18)13-2-1-12-8-19(13)15(22)20(12)27-28(23,24)25/h10-13,16H,1-9H2,(H,17,21)(H,23,24,25)/t10-,11+,12?,13?/m0/s1. The Balaban J connectivity index is 1.22. The van der Waals surface area contributed by atoms with Gasteiger partial charge in [-0.25, -0.2) is 10.3 Å². The molecule has 4 atom stereocenters. The zero-order valence-electron chi connectivity index (χ0n) is 15.3. The summed E-state index contributed by atoms with van der Waals surface area (Å²) in [6.45, 7) is 4.88. The van der Waals surface area contributed by atoms with Crippen molar-refractivity contribution in [3.05, 3.63) is 0 Å². The third kappa shape index (κ3) is 4.55. The van der Waals surface area contributed by atoms with Crippen LogP contribution in [0.2, 0.25) is 0 Å². The van der Waals surface area contributed by atoms with E-state index in [0.717, 1.165) is 19.5 Å². The van der Waals surface area contributed by atoms with Crippen molar-refractivity contribution in [1.82, 2.24) is 25.7 Å². The third-order valence-corrected chi connectivity index (χ3v) is 5.98. The molecule has 0 spiro atoms. The van der Waals surface area contributed by atoms with Crippen molar-refractivity contribution in [3.63, 3.8) is 0 Å². The monoisotopic (exact) mass is 419 g/mol. The van der Waals surface area contributed by atoms with E-state index in [0.29, 0.717) is 30.4 Å². The molecule has 4 saturated heterocycles. The summed E-state index contributed by atoms with van der Waals surface area (Å²) >= 11 is 0. The number of amides is 3. The lowest BCUT2D eigenvalue weighted by Crippen LogP contribution is -2.50. The Bertz CT molecular complexity index is 730. The van der Waals surface area contributed by atoms with Gasteiger partial charge in [-0.3, -0.25) is 14.2 Å². The molecule has 12 nitrogen and oxygen atoms in total. The highest BCUT2D eigenvalue weighted by Crippen LogP contribution is 2.30. The van der Waals surface area contributed by atoms with Crippen molar-refractivity contribution in [2.75, 3.05) is 39.3 Å². The van der Waals surface area contributed by atoms with Crippen LogP contribution in [-0.4, -0.2) is 97.2 Å². The number of urea groups is 1. The summed E-state index contributed by atoms with van der Waals surface area (Å²) in [5.41, 5.74) is 2.40. The van der Waals surface area contributed by atoms with Crippen molar-refractivity contribution >= 4 is 22.3 Å². The summed E-state index contributed by atoms with van der Waals surface area (Å²) in [4.78, 5) is 33.7. The summed E-state index contributed by atoms with van der Waals surface area (Å²) in [5, 5.41) is 4.00. The van der Waals surface area contributed by atoms with E-state index in [1.54, 1.807) is 0 Å². The number of piperidine rings is 1. The van der Waals surface area contributed by atoms with E-state index >= 15 is 0 Å². The van der Waals surface area contributed by atoms with Gasteiger partial charge >= 0.3 is 16.4 Å². The summed E-state index contributed by atoms with van der Waals surface area (Å²) in [6, 6.07) is -1.89. The first-order valence-electron chi connectivity index (χ1n) is 9.44. The summed E-state index contributed by atoms with van der Waals surface area (Å²) in [6.07, 6.45) is 1.71. The Hall–Kier alpha value is -1.51. The molecule has 4 fully saturated rings. The molecular formula is C15H25N5O7S.